The summed E-state index contributed by atoms with van der Waals surface area (Å²) >= 11 is 0. The number of pyridine rings is 1. The van der Waals surface area contributed by atoms with Gasteiger partial charge in [0, 0.05) is 43.6 Å². The molecular weight excluding hydrogens is 224 g/mol. The maximum absolute atomic E-state index is 8.92. The highest BCUT2D eigenvalue weighted by Gasteiger charge is 2.32. The molecule has 2 rings (SSSR count). The summed E-state index contributed by atoms with van der Waals surface area (Å²) in [5.74, 6) is 0. The van der Waals surface area contributed by atoms with Crippen molar-refractivity contribution in [3.8, 4) is 6.07 Å². The molecule has 1 aliphatic heterocycles. The zero-order chi connectivity index (χ0) is 13.0. The maximum atomic E-state index is 8.92. The van der Waals surface area contributed by atoms with Crippen LogP contribution in [-0.4, -0.2) is 34.6 Å². The first-order chi connectivity index (χ1) is 8.61. The first-order valence-corrected chi connectivity index (χ1v) is 6.36. The van der Waals surface area contributed by atoms with Gasteiger partial charge in [-0.3, -0.25) is 9.88 Å². The van der Waals surface area contributed by atoms with Crippen molar-refractivity contribution in [2.45, 2.75) is 38.4 Å². The van der Waals surface area contributed by atoms with E-state index >= 15 is 0 Å². The molecule has 1 aromatic heterocycles. The van der Waals surface area contributed by atoms with Crippen molar-refractivity contribution >= 4 is 0 Å². The van der Waals surface area contributed by atoms with Gasteiger partial charge in [0.2, 0.25) is 0 Å². The second kappa shape index (κ2) is 5.47. The van der Waals surface area contributed by atoms with E-state index in [0.29, 0.717) is 12.5 Å². The van der Waals surface area contributed by atoms with E-state index in [1.165, 1.54) is 5.56 Å². The lowest BCUT2D eigenvalue weighted by Crippen LogP contribution is -2.61. The highest BCUT2D eigenvalue weighted by Crippen LogP contribution is 2.19. The van der Waals surface area contributed by atoms with E-state index in [1.807, 2.05) is 12.3 Å². The molecule has 4 heteroatoms. The van der Waals surface area contributed by atoms with Gasteiger partial charge in [0.05, 0.1) is 12.5 Å². The Labute approximate surface area is 109 Å². The van der Waals surface area contributed by atoms with Gasteiger partial charge in [-0.05, 0) is 25.5 Å². The molecule has 4 nitrogen and oxygen atoms in total. The molecule has 0 bridgehead atoms. The molecule has 0 radical (unpaired) electrons. The fraction of sp³-hybridized carbons (Fsp3) is 0.571. The molecule has 1 atom stereocenters. The molecule has 18 heavy (non-hydrogen) atoms. The van der Waals surface area contributed by atoms with Crippen LogP contribution < -0.4 is 5.32 Å². The van der Waals surface area contributed by atoms with Crippen LogP contribution in [0.15, 0.2) is 24.5 Å². The molecular formula is C14H20N4. The van der Waals surface area contributed by atoms with E-state index < -0.39 is 0 Å². The van der Waals surface area contributed by atoms with Crippen LogP contribution in [0.2, 0.25) is 0 Å². The highest BCUT2D eigenvalue weighted by atomic mass is 15.2. The number of rotatable bonds is 3. The van der Waals surface area contributed by atoms with Crippen LogP contribution in [0.1, 0.15) is 25.8 Å². The van der Waals surface area contributed by atoms with Gasteiger partial charge in [0.25, 0.3) is 0 Å². The van der Waals surface area contributed by atoms with E-state index in [-0.39, 0.29) is 5.54 Å². The Kier molecular flexibility index (Phi) is 3.95. The van der Waals surface area contributed by atoms with Gasteiger partial charge < -0.3 is 5.32 Å². The Morgan fingerprint density at radius 1 is 1.61 bits per heavy atom. The maximum Gasteiger partial charge on any atom is 0.0638 e. The molecule has 0 spiro atoms. The zero-order valence-corrected chi connectivity index (χ0v) is 11.1. The standard InChI is InChI=1S/C14H20N4/c1-14(2)11-18(13(5-6-15)9-17-14)10-12-4-3-7-16-8-12/h3-4,7-8,13,17H,5,9-11H2,1-2H3. The summed E-state index contributed by atoms with van der Waals surface area (Å²) in [6, 6.07) is 6.63. The molecule has 1 aliphatic rings. The van der Waals surface area contributed by atoms with Crippen molar-refractivity contribution < 1.29 is 0 Å². The molecule has 1 N–H and O–H groups in total. The molecule has 96 valence electrons. The minimum absolute atomic E-state index is 0.105. The predicted octanol–water partition coefficient (Wildman–Crippen LogP) is 1.55. The van der Waals surface area contributed by atoms with Crippen molar-refractivity contribution in [3.63, 3.8) is 0 Å². The van der Waals surface area contributed by atoms with E-state index in [1.54, 1.807) is 6.20 Å². The number of nitriles is 1. The number of aromatic nitrogens is 1. The van der Waals surface area contributed by atoms with Crippen molar-refractivity contribution in [2.75, 3.05) is 13.1 Å². The van der Waals surface area contributed by atoms with Crippen LogP contribution in [-0.2, 0) is 6.54 Å². The van der Waals surface area contributed by atoms with E-state index in [2.05, 4.69) is 41.2 Å². The van der Waals surface area contributed by atoms with Crippen LogP contribution >= 0.6 is 0 Å². The third-order valence-corrected chi connectivity index (χ3v) is 3.37. The third kappa shape index (κ3) is 3.28. The molecule has 1 saturated heterocycles. The number of hydrogen-bond donors (Lipinski definition) is 1. The summed E-state index contributed by atoms with van der Waals surface area (Å²) in [7, 11) is 0. The Balaban J connectivity index is 2.08. The topological polar surface area (TPSA) is 52.0 Å². The zero-order valence-electron chi connectivity index (χ0n) is 11.1. The molecule has 1 unspecified atom stereocenters. The summed E-state index contributed by atoms with van der Waals surface area (Å²) in [4.78, 5) is 6.54. The van der Waals surface area contributed by atoms with Crippen LogP contribution in [0.4, 0.5) is 0 Å². The van der Waals surface area contributed by atoms with Gasteiger partial charge in [-0.2, -0.15) is 5.26 Å². The predicted molar refractivity (Wildman–Crippen MR) is 70.7 cm³/mol. The molecule has 0 aromatic carbocycles. The lowest BCUT2D eigenvalue weighted by Gasteiger charge is -2.44. The van der Waals surface area contributed by atoms with Gasteiger partial charge >= 0.3 is 0 Å². The van der Waals surface area contributed by atoms with Crippen molar-refractivity contribution in [2.24, 2.45) is 0 Å². The molecule has 0 amide bonds. The second-order valence-corrected chi connectivity index (χ2v) is 5.55. The first-order valence-electron chi connectivity index (χ1n) is 6.36. The smallest absolute Gasteiger partial charge is 0.0638 e. The Morgan fingerprint density at radius 3 is 3.11 bits per heavy atom. The molecule has 2 heterocycles. The van der Waals surface area contributed by atoms with E-state index in [4.69, 9.17) is 5.26 Å². The molecule has 1 aromatic rings. The van der Waals surface area contributed by atoms with E-state index in [0.717, 1.165) is 19.6 Å². The van der Waals surface area contributed by atoms with Crippen LogP contribution in [0.25, 0.3) is 0 Å². The van der Waals surface area contributed by atoms with Gasteiger partial charge in [-0.15, -0.1) is 0 Å². The highest BCUT2D eigenvalue weighted by molar-refractivity contribution is 5.09. The van der Waals surface area contributed by atoms with Crippen LogP contribution in [0, 0.1) is 11.3 Å². The minimum atomic E-state index is 0.105. The third-order valence-electron chi connectivity index (χ3n) is 3.37. The summed E-state index contributed by atoms with van der Waals surface area (Å²) in [5.41, 5.74) is 1.31. The Bertz CT molecular complexity index is 421. The van der Waals surface area contributed by atoms with Crippen molar-refractivity contribution in [1.29, 1.82) is 5.26 Å². The lowest BCUT2D eigenvalue weighted by atomic mass is 9.97. The average molecular weight is 244 g/mol. The summed E-state index contributed by atoms with van der Waals surface area (Å²) in [5, 5.41) is 12.4. The Morgan fingerprint density at radius 2 is 2.44 bits per heavy atom. The van der Waals surface area contributed by atoms with Crippen molar-refractivity contribution in [3.05, 3.63) is 30.1 Å². The first kappa shape index (κ1) is 13.0. The van der Waals surface area contributed by atoms with Gasteiger partial charge in [0.15, 0.2) is 0 Å². The molecule has 0 saturated carbocycles. The SMILES string of the molecule is CC1(C)CN(Cc2cccnc2)C(CC#N)CN1. The lowest BCUT2D eigenvalue weighted by molar-refractivity contribution is 0.0902. The van der Waals surface area contributed by atoms with Crippen LogP contribution in [0.5, 0.6) is 0 Å². The average Bonchev–Trinajstić information content (AvgIpc) is 2.34. The minimum Gasteiger partial charge on any atom is -0.309 e. The fourth-order valence-corrected chi connectivity index (χ4v) is 2.43. The number of nitrogens with one attached hydrogen (secondary N) is 1. The van der Waals surface area contributed by atoms with Gasteiger partial charge in [0.1, 0.15) is 0 Å². The van der Waals surface area contributed by atoms with Gasteiger partial charge in [-0.1, -0.05) is 6.07 Å². The number of hydrogen-bond acceptors (Lipinski definition) is 4. The van der Waals surface area contributed by atoms with Crippen molar-refractivity contribution in [1.82, 2.24) is 15.2 Å². The monoisotopic (exact) mass is 244 g/mol. The molecule has 0 aliphatic carbocycles. The Hall–Kier alpha value is -1.44. The quantitative estimate of drug-likeness (QED) is 0.876. The normalized spacial score (nSPS) is 23.5. The van der Waals surface area contributed by atoms with E-state index in [9.17, 15) is 0 Å². The van der Waals surface area contributed by atoms with Gasteiger partial charge in [-0.25, -0.2) is 0 Å². The largest absolute Gasteiger partial charge is 0.309 e. The second-order valence-electron chi connectivity index (χ2n) is 5.55. The summed E-state index contributed by atoms with van der Waals surface area (Å²) in [6.45, 7) is 7.10. The summed E-state index contributed by atoms with van der Waals surface area (Å²) in [6.07, 6.45) is 4.26. The number of piperazine rings is 1. The summed E-state index contributed by atoms with van der Waals surface area (Å²) < 4.78 is 0. The number of nitrogens with zero attached hydrogens (tertiary/aromatic N) is 3. The molecule has 1 fully saturated rings. The van der Waals surface area contributed by atoms with Crippen LogP contribution in [0.3, 0.4) is 0 Å². The fourth-order valence-electron chi connectivity index (χ4n) is 2.43.